The predicted molar refractivity (Wildman–Crippen MR) is 73.4 cm³/mol. The number of hydrogen-bond acceptors (Lipinski definition) is 4. The van der Waals surface area contributed by atoms with E-state index in [2.05, 4.69) is 9.71 Å². The highest BCUT2D eigenvalue weighted by molar-refractivity contribution is 7.92. The molecule has 0 radical (unpaired) electrons. The number of hydrogen-bond donors (Lipinski definition) is 2. The summed E-state index contributed by atoms with van der Waals surface area (Å²) < 4.78 is 39.1. The van der Waals surface area contributed by atoms with Gasteiger partial charge in [-0.25, -0.2) is 14.2 Å². The van der Waals surface area contributed by atoms with E-state index < -0.39 is 21.8 Å². The van der Waals surface area contributed by atoms with Crippen LogP contribution in [0.1, 0.15) is 10.4 Å². The van der Waals surface area contributed by atoms with Crippen molar-refractivity contribution in [2.24, 2.45) is 0 Å². The highest BCUT2D eigenvalue weighted by Gasteiger charge is 2.18. The lowest BCUT2D eigenvalue weighted by atomic mass is 10.3. The van der Waals surface area contributed by atoms with Gasteiger partial charge in [0.15, 0.2) is 5.03 Å². The number of anilines is 1. The van der Waals surface area contributed by atoms with Gasteiger partial charge in [-0.1, -0.05) is 11.6 Å². The number of carboxylic acids is 1. The molecule has 0 aliphatic rings. The predicted octanol–water partition coefficient (Wildman–Crippen LogP) is 2.37. The molecule has 0 fully saturated rings. The van der Waals surface area contributed by atoms with E-state index in [0.29, 0.717) is 0 Å². The van der Waals surface area contributed by atoms with Crippen LogP contribution in [0.3, 0.4) is 0 Å². The Morgan fingerprint density at radius 2 is 2.00 bits per heavy atom. The minimum Gasteiger partial charge on any atom is -0.478 e. The number of rotatable bonds is 4. The van der Waals surface area contributed by atoms with Crippen molar-refractivity contribution in [3.8, 4) is 0 Å². The summed E-state index contributed by atoms with van der Waals surface area (Å²) in [6.45, 7) is 0. The largest absolute Gasteiger partial charge is 0.478 e. The maximum Gasteiger partial charge on any atom is 0.337 e. The molecule has 110 valence electrons. The summed E-state index contributed by atoms with van der Waals surface area (Å²) in [6.07, 6.45) is 0.920. The van der Waals surface area contributed by atoms with Crippen LogP contribution in [0, 0.1) is 5.82 Å². The van der Waals surface area contributed by atoms with Gasteiger partial charge < -0.3 is 5.11 Å². The van der Waals surface area contributed by atoms with E-state index in [1.165, 1.54) is 6.07 Å². The van der Waals surface area contributed by atoms with Gasteiger partial charge in [0.1, 0.15) is 5.82 Å². The zero-order chi connectivity index (χ0) is 15.6. The summed E-state index contributed by atoms with van der Waals surface area (Å²) in [5.74, 6) is -1.83. The zero-order valence-electron chi connectivity index (χ0n) is 10.2. The number of aromatic carboxylic acids is 1. The third kappa shape index (κ3) is 3.47. The lowest BCUT2D eigenvalue weighted by Crippen LogP contribution is -2.15. The van der Waals surface area contributed by atoms with Gasteiger partial charge in [0.25, 0.3) is 10.0 Å². The molecule has 0 aliphatic heterocycles. The van der Waals surface area contributed by atoms with Crippen molar-refractivity contribution < 1.29 is 22.7 Å². The van der Waals surface area contributed by atoms with Crippen LogP contribution >= 0.6 is 11.6 Å². The first-order valence-corrected chi connectivity index (χ1v) is 7.33. The van der Waals surface area contributed by atoms with Crippen molar-refractivity contribution in [3.05, 3.63) is 52.9 Å². The number of carbonyl (C=O) groups is 1. The van der Waals surface area contributed by atoms with Crippen LogP contribution in [-0.4, -0.2) is 24.5 Å². The second-order valence-corrected chi connectivity index (χ2v) is 5.96. The van der Waals surface area contributed by atoms with E-state index in [-0.39, 0.29) is 21.3 Å². The first kappa shape index (κ1) is 15.2. The van der Waals surface area contributed by atoms with Crippen molar-refractivity contribution in [3.63, 3.8) is 0 Å². The van der Waals surface area contributed by atoms with E-state index >= 15 is 0 Å². The molecule has 21 heavy (non-hydrogen) atoms. The van der Waals surface area contributed by atoms with Gasteiger partial charge in [0.2, 0.25) is 0 Å². The van der Waals surface area contributed by atoms with Crippen LogP contribution in [-0.2, 0) is 10.0 Å². The van der Waals surface area contributed by atoms with Crippen LogP contribution in [0.2, 0.25) is 5.02 Å². The number of benzene rings is 1. The fourth-order valence-electron chi connectivity index (χ4n) is 1.44. The first-order chi connectivity index (χ1) is 9.79. The number of aromatic nitrogens is 1. The first-order valence-electron chi connectivity index (χ1n) is 5.47. The number of nitrogens with zero attached hydrogens (tertiary/aromatic N) is 1. The van der Waals surface area contributed by atoms with E-state index in [9.17, 15) is 17.6 Å². The van der Waals surface area contributed by atoms with E-state index in [1.54, 1.807) is 0 Å². The van der Waals surface area contributed by atoms with Gasteiger partial charge in [0.05, 0.1) is 16.3 Å². The van der Waals surface area contributed by atoms with Gasteiger partial charge in [-0.05, 0) is 30.3 Å². The molecule has 0 unspecified atom stereocenters. The summed E-state index contributed by atoms with van der Waals surface area (Å²) in [4.78, 5) is 14.2. The Balaban J connectivity index is 2.31. The Morgan fingerprint density at radius 1 is 1.29 bits per heavy atom. The van der Waals surface area contributed by atoms with Crippen LogP contribution in [0.15, 0.2) is 41.6 Å². The lowest BCUT2D eigenvalue weighted by Gasteiger charge is -2.09. The Labute approximate surface area is 124 Å². The number of pyridine rings is 1. The molecule has 0 amide bonds. The zero-order valence-corrected chi connectivity index (χ0v) is 11.8. The summed E-state index contributed by atoms with van der Waals surface area (Å²) in [6, 6.07) is 5.32. The molecule has 0 bridgehead atoms. The molecular weight excluding hydrogens is 323 g/mol. The minimum absolute atomic E-state index is 0.0119. The summed E-state index contributed by atoms with van der Waals surface area (Å²) >= 11 is 5.72. The lowest BCUT2D eigenvalue weighted by molar-refractivity contribution is 0.0696. The Bertz CT molecular complexity index is 793. The fourth-order valence-corrected chi connectivity index (χ4v) is 2.72. The van der Waals surface area contributed by atoms with Crippen molar-refractivity contribution in [1.82, 2.24) is 4.98 Å². The minimum atomic E-state index is -4.05. The smallest absolute Gasteiger partial charge is 0.337 e. The Kier molecular flexibility index (Phi) is 4.10. The fraction of sp³-hybridized carbons (Fsp3) is 0. The quantitative estimate of drug-likeness (QED) is 0.897. The maximum absolute atomic E-state index is 12.9. The third-order valence-corrected chi connectivity index (χ3v) is 4.03. The van der Waals surface area contributed by atoms with Gasteiger partial charge >= 0.3 is 5.97 Å². The molecule has 0 saturated heterocycles. The molecule has 6 nitrogen and oxygen atoms in total. The molecule has 0 aliphatic carbocycles. The number of nitrogens with one attached hydrogen (secondary N) is 1. The van der Waals surface area contributed by atoms with Crippen LogP contribution in [0.25, 0.3) is 0 Å². The summed E-state index contributed by atoms with van der Waals surface area (Å²) in [7, 11) is -4.05. The molecule has 0 spiro atoms. The second kappa shape index (κ2) is 5.66. The highest BCUT2D eigenvalue weighted by atomic mass is 35.5. The molecule has 1 heterocycles. The molecule has 1 aromatic carbocycles. The Hall–Kier alpha value is -2.19. The molecule has 2 aromatic rings. The van der Waals surface area contributed by atoms with Gasteiger partial charge in [-0.3, -0.25) is 4.72 Å². The average molecular weight is 331 g/mol. The van der Waals surface area contributed by atoms with Crippen LogP contribution in [0.4, 0.5) is 10.1 Å². The van der Waals surface area contributed by atoms with E-state index in [1.807, 2.05) is 0 Å². The number of halogens is 2. The topological polar surface area (TPSA) is 96.4 Å². The standard InChI is InChI=1S/C12H8ClFN2O4S/c13-9-5-8(14)2-3-10(9)16-21(19,20)11-4-1-7(6-15-11)12(17)18/h1-6,16H,(H,17,18). The average Bonchev–Trinajstić information content (AvgIpc) is 2.42. The number of carboxylic acid groups (broad SMARTS) is 1. The normalized spacial score (nSPS) is 11.1. The van der Waals surface area contributed by atoms with Crippen molar-refractivity contribution in [2.75, 3.05) is 4.72 Å². The van der Waals surface area contributed by atoms with Gasteiger partial charge in [0, 0.05) is 6.20 Å². The van der Waals surface area contributed by atoms with Crippen molar-refractivity contribution in [1.29, 1.82) is 0 Å². The van der Waals surface area contributed by atoms with Gasteiger partial charge in [-0.15, -0.1) is 0 Å². The molecular formula is C12H8ClFN2O4S. The molecule has 2 rings (SSSR count). The molecule has 1 aromatic heterocycles. The SMILES string of the molecule is O=C(O)c1ccc(S(=O)(=O)Nc2ccc(F)cc2Cl)nc1. The highest BCUT2D eigenvalue weighted by Crippen LogP contribution is 2.24. The van der Waals surface area contributed by atoms with Crippen molar-refractivity contribution in [2.45, 2.75) is 5.03 Å². The third-order valence-electron chi connectivity index (χ3n) is 2.43. The second-order valence-electron chi connectivity index (χ2n) is 3.92. The summed E-state index contributed by atoms with van der Waals surface area (Å²) in [5.41, 5.74) is -0.157. The molecule has 2 N–H and O–H groups in total. The van der Waals surface area contributed by atoms with Gasteiger partial charge in [-0.2, -0.15) is 8.42 Å². The van der Waals surface area contributed by atoms with Crippen molar-refractivity contribution >= 4 is 33.3 Å². The van der Waals surface area contributed by atoms with Crippen LogP contribution < -0.4 is 4.72 Å². The van der Waals surface area contributed by atoms with E-state index in [4.69, 9.17) is 16.7 Å². The molecule has 0 saturated carbocycles. The van der Waals surface area contributed by atoms with Crippen LogP contribution in [0.5, 0.6) is 0 Å². The molecule has 0 atom stereocenters. The van der Waals surface area contributed by atoms with E-state index in [0.717, 1.165) is 30.5 Å². The Morgan fingerprint density at radius 3 is 2.52 bits per heavy atom. The molecule has 9 heteroatoms. The maximum atomic E-state index is 12.9. The monoisotopic (exact) mass is 330 g/mol. The number of sulfonamides is 1. The summed E-state index contributed by atoms with van der Waals surface area (Å²) in [5, 5.41) is 8.23.